The molecule has 1 atom stereocenters. The van der Waals surface area contributed by atoms with E-state index in [4.69, 9.17) is 14.2 Å². The van der Waals surface area contributed by atoms with Crippen molar-refractivity contribution in [1.82, 2.24) is 0 Å². The minimum Gasteiger partial charge on any atom is -0.462 e. The lowest BCUT2D eigenvalue weighted by Crippen LogP contribution is -2.30. The molecule has 0 aliphatic carbocycles. The topological polar surface area (TPSA) is 78.9 Å². The second-order valence-corrected chi connectivity index (χ2v) is 16.4. The highest BCUT2D eigenvalue weighted by atomic mass is 16.6. The molecule has 6 nitrogen and oxygen atoms in total. The third-order valence-electron chi connectivity index (χ3n) is 10.3. The zero-order valence-electron chi connectivity index (χ0n) is 41.0. The molecule has 0 aromatic heterocycles. The number of carbonyl (C=O) groups excluding carboxylic acids is 3. The first kappa shape index (κ1) is 59.8. The molecule has 0 saturated heterocycles. The number of unbranched alkanes of at least 4 members (excludes halogenated alkanes) is 16. The van der Waals surface area contributed by atoms with Crippen molar-refractivity contribution in [1.29, 1.82) is 0 Å². The summed E-state index contributed by atoms with van der Waals surface area (Å²) in [5.74, 6) is -1.03. The van der Waals surface area contributed by atoms with Gasteiger partial charge in [0.25, 0.3) is 0 Å². The summed E-state index contributed by atoms with van der Waals surface area (Å²) in [5, 5.41) is 0. The van der Waals surface area contributed by atoms with Crippen molar-refractivity contribution < 1.29 is 28.6 Å². The minimum absolute atomic E-state index is 0.123. The van der Waals surface area contributed by atoms with E-state index in [2.05, 4.69) is 106 Å². The van der Waals surface area contributed by atoms with Gasteiger partial charge in [0.15, 0.2) is 6.10 Å². The van der Waals surface area contributed by atoms with E-state index >= 15 is 0 Å². The van der Waals surface area contributed by atoms with Gasteiger partial charge in [0, 0.05) is 19.3 Å². The maximum Gasteiger partial charge on any atom is 0.306 e. The van der Waals surface area contributed by atoms with Crippen LogP contribution in [-0.4, -0.2) is 37.2 Å². The van der Waals surface area contributed by atoms with Gasteiger partial charge >= 0.3 is 17.9 Å². The highest BCUT2D eigenvalue weighted by Crippen LogP contribution is 2.12. The Morgan fingerprint density at radius 1 is 0.344 bits per heavy atom. The summed E-state index contributed by atoms with van der Waals surface area (Å²) in [6.45, 7) is 6.27. The highest BCUT2D eigenvalue weighted by Gasteiger charge is 2.19. The summed E-state index contributed by atoms with van der Waals surface area (Å²) in [5.41, 5.74) is 0. The van der Waals surface area contributed by atoms with Crippen molar-refractivity contribution >= 4 is 17.9 Å². The van der Waals surface area contributed by atoms with E-state index in [-0.39, 0.29) is 44.0 Å². The fourth-order valence-corrected chi connectivity index (χ4v) is 6.48. The summed E-state index contributed by atoms with van der Waals surface area (Å²) < 4.78 is 16.7. The lowest BCUT2D eigenvalue weighted by atomic mass is 10.1. The predicted octanol–water partition coefficient (Wildman–Crippen LogP) is 16.9. The molecule has 0 saturated carbocycles. The Balaban J connectivity index is 4.56. The normalized spacial score (nSPS) is 13.1. The molecule has 0 aliphatic rings. The van der Waals surface area contributed by atoms with Crippen LogP contribution >= 0.6 is 0 Å². The van der Waals surface area contributed by atoms with Gasteiger partial charge in [0.1, 0.15) is 13.2 Å². The highest BCUT2D eigenvalue weighted by molar-refractivity contribution is 5.71. The minimum atomic E-state index is -0.824. The summed E-state index contributed by atoms with van der Waals surface area (Å²) in [4.78, 5) is 37.9. The fourth-order valence-electron chi connectivity index (χ4n) is 6.48. The van der Waals surface area contributed by atoms with Crippen LogP contribution < -0.4 is 0 Å². The van der Waals surface area contributed by atoms with E-state index in [1.807, 2.05) is 36.5 Å². The van der Waals surface area contributed by atoms with E-state index < -0.39 is 6.10 Å². The zero-order chi connectivity index (χ0) is 46.5. The molecular formula is C58H92O6. The average molecular weight is 885 g/mol. The van der Waals surface area contributed by atoms with Gasteiger partial charge in [0.05, 0.1) is 0 Å². The molecule has 0 bridgehead atoms. The quantitative estimate of drug-likeness (QED) is 0.0199. The lowest BCUT2D eigenvalue weighted by Gasteiger charge is -2.18. The molecule has 0 radical (unpaired) electrons. The first-order valence-electron chi connectivity index (χ1n) is 25.6. The average Bonchev–Trinajstić information content (AvgIpc) is 3.29. The summed E-state index contributed by atoms with van der Waals surface area (Å²) >= 11 is 0. The number of esters is 3. The number of carbonyl (C=O) groups is 3. The third kappa shape index (κ3) is 48.8. The third-order valence-corrected chi connectivity index (χ3v) is 10.3. The Morgan fingerprint density at radius 2 is 0.703 bits per heavy atom. The maximum atomic E-state index is 12.8. The van der Waals surface area contributed by atoms with Gasteiger partial charge in [-0.05, 0) is 103 Å². The molecule has 0 spiro atoms. The molecule has 0 N–H and O–H groups in total. The summed E-state index contributed by atoms with van der Waals surface area (Å²) in [6.07, 6.45) is 70.5. The fraction of sp³-hybridized carbons (Fsp3) is 0.603. The van der Waals surface area contributed by atoms with Crippen LogP contribution in [0.3, 0.4) is 0 Å². The van der Waals surface area contributed by atoms with Crippen LogP contribution in [0.2, 0.25) is 0 Å². The number of allylic oxidation sites excluding steroid dienone is 20. The molecule has 0 amide bonds. The van der Waals surface area contributed by atoms with Gasteiger partial charge in [-0.3, -0.25) is 14.4 Å². The van der Waals surface area contributed by atoms with Crippen LogP contribution in [0.5, 0.6) is 0 Å². The molecule has 0 aromatic carbocycles. The molecule has 0 rings (SSSR count). The molecule has 0 fully saturated rings. The van der Waals surface area contributed by atoms with Crippen molar-refractivity contribution in [2.24, 2.45) is 0 Å². The Hall–Kier alpha value is -4.19. The molecule has 0 aliphatic heterocycles. The van der Waals surface area contributed by atoms with E-state index in [9.17, 15) is 14.4 Å². The first-order chi connectivity index (χ1) is 31.5. The SMILES string of the molecule is CC\C=C/C=C\C=C/C=C\CCCCCC(=O)OCC(COC(=O)CCC/C=C\C/C=C\C/C=C\CCCCCCCC)OC(=O)CCCCCCCC/C=C\C/C=C\C/C=C\CC. The predicted molar refractivity (Wildman–Crippen MR) is 274 cm³/mol. The molecular weight excluding hydrogens is 793 g/mol. The van der Waals surface area contributed by atoms with Gasteiger partial charge < -0.3 is 14.2 Å². The molecule has 1 unspecified atom stereocenters. The molecule has 0 heterocycles. The second-order valence-electron chi connectivity index (χ2n) is 16.4. The van der Waals surface area contributed by atoms with Crippen LogP contribution in [-0.2, 0) is 28.6 Å². The van der Waals surface area contributed by atoms with Crippen molar-refractivity contribution in [3.05, 3.63) is 122 Å². The number of ether oxygens (including phenoxy) is 3. The van der Waals surface area contributed by atoms with Crippen molar-refractivity contribution in [2.75, 3.05) is 13.2 Å². The molecule has 360 valence electrons. The largest absolute Gasteiger partial charge is 0.462 e. The van der Waals surface area contributed by atoms with Gasteiger partial charge in [-0.15, -0.1) is 0 Å². The second kappa shape index (κ2) is 51.4. The summed E-state index contributed by atoms with van der Waals surface area (Å²) in [7, 11) is 0. The standard InChI is InChI=1S/C58H92O6/c1-4-7-10-13-16-19-22-25-27-29-31-33-36-39-42-45-48-51-57(60)63-54-55(53-62-56(59)50-47-44-41-38-35-32-24-21-18-15-12-9-6-3)64-58(61)52-49-46-43-40-37-34-30-28-26-23-20-17-14-11-8-5-2/h8-9,11-12,15,17-18,20-21,24-28,31-33,35,39,42,55H,4-7,10,13-14,16,19,22-23,29-30,34,36-38,40-41,43-54H2,1-3H3/b11-8-,12-9-,18-15-,20-17-,24-21-,27-25-,28-26-,33-31-,35-32-,42-39-. The van der Waals surface area contributed by atoms with E-state index in [0.717, 1.165) is 103 Å². The van der Waals surface area contributed by atoms with Crippen molar-refractivity contribution in [3.63, 3.8) is 0 Å². The molecule has 6 heteroatoms. The number of hydrogen-bond acceptors (Lipinski definition) is 6. The van der Waals surface area contributed by atoms with Crippen LogP contribution in [0.15, 0.2) is 122 Å². The van der Waals surface area contributed by atoms with Crippen LogP contribution in [0.4, 0.5) is 0 Å². The van der Waals surface area contributed by atoms with Crippen molar-refractivity contribution in [3.8, 4) is 0 Å². The van der Waals surface area contributed by atoms with Gasteiger partial charge in [0.2, 0.25) is 0 Å². The Labute approximate surface area is 392 Å². The maximum absolute atomic E-state index is 12.8. The zero-order valence-corrected chi connectivity index (χ0v) is 41.0. The van der Waals surface area contributed by atoms with Crippen LogP contribution in [0, 0.1) is 0 Å². The first-order valence-corrected chi connectivity index (χ1v) is 25.6. The van der Waals surface area contributed by atoms with Gasteiger partial charge in [-0.25, -0.2) is 0 Å². The van der Waals surface area contributed by atoms with Gasteiger partial charge in [-0.1, -0.05) is 206 Å². The Bertz CT molecular complexity index is 1390. The lowest BCUT2D eigenvalue weighted by molar-refractivity contribution is -0.167. The van der Waals surface area contributed by atoms with E-state index in [0.29, 0.717) is 12.8 Å². The number of hydrogen-bond donors (Lipinski definition) is 0. The Morgan fingerprint density at radius 3 is 1.22 bits per heavy atom. The van der Waals surface area contributed by atoms with Crippen molar-refractivity contribution in [2.45, 2.75) is 213 Å². The van der Waals surface area contributed by atoms with Crippen LogP contribution in [0.25, 0.3) is 0 Å². The van der Waals surface area contributed by atoms with E-state index in [1.165, 1.54) is 57.8 Å². The Kier molecular flexibility index (Phi) is 48.1. The molecule has 64 heavy (non-hydrogen) atoms. The molecule has 0 aromatic rings. The van der Waals surface area contributed by atoms with E-state index in [1.54, 1.807) is 0 Å². The smallest absolute Gasteiger partial charge is 0.306 e. The summed E-state index contributed by atoms with van der Waals surface area (Å²) in [6, 6.07) is 0. The number of rotatable bonds is 44. The monoisotopic (exact) mass is 885 g/mol. The van der Waals surface area contributed by atoms with Gasteiger partial charge in [-0.2, -0.15) is 0 Å². The van der Waals surface area contributed by atoms with Crippen LogP contribution in [0.1, 0.15) is 207 Å².